The van der Waals surface area contributed by atoms with Crippen LogP contribution in [0.2, 0.25) is 0 Å². The minimum atomic E-state index is -0.334. The number of thioether (sulfide) groups is 1. The molecule has 1 fully saturated rings. The van der Waals surface area contributed by atoms with Gasteiger partial charge in [0.1, 0.15) is 0 Å². The first-order chi connectivity index (χ1) is 12.2. The van der Waals surface area contributed by atoms with Crippen molar-refractivity contribution in [1.29, 1.82) is 0 Å². The second-order valence-electron chi connectivity index (χ2n) is 5.91. The Morgan fingerprint density at radius 2 is 2.24 bits per heavy atom. The van der Waals surface area contributed by atoms with Gasteiger partial charge in [-0.15, -0.1) is 0 Å². The second kappa shape index (κ2) is 8.51. The van der Waals surface area contributed by atoms with Crippen LogP contribution in [0, 0.1) is 0 Å². The average Bonchev–Trinajstić information content (AvgIpc) is 3.30. The summed E-state index contributed by atoms with van der Waals surface area (Å²) in [6.07, 6.45) is 4.04. The second-order valence-corrected chi connectivity index (χ2v) is 6.86. The summed E-state index contributed by atoms with van der Waals surface area (Å²) in [6, 6.07) is 7.36. The molecule has 7 heteroatoms. The van der Waals surface area contributed by atoms with E-state index in [0.717, 1.165) is 48.2 Å². The van der Waals surface area contributed by atoms with Gasteiger partial charge in [-0.1, -0.05) is 23.9 Å². The summed E-state index contributed by atoms with van der Waals surface area (Å²) in [6.45, 7) is 1.50. The van der Waals surface area contributed by atoms with Gasteiger partial charge in [0.2, 0.25) is 0 Å². The molecule has 2 aromatic rings. The van der Waals surface area contributed by atoms with Gasteiger partial charge in [0, 0.05) is 12.4 Å². The first kappa shape index (κ1) is 18.0. The molecule has 1 atom stereocenters. The fraction of sp³-hybridized carbons (Fsp3) is 0.444. The Morgan fingerprint density at radius 1 is 1.44 bits per heavy atom. The van der Waals surface area contributed by atoms with E-state index in [1.807, 2.05) is 16.7 Å². The lowest BCUT2D eigenvalue weighted by molar-refractivity contribution is 0.0600. The zero-order valence-electron chi connectivity index (χ0n) is 14.2. The monoisotopic (exact) mass is 362 g/mol. The number of hydrogen-bond donors (Lipinski definition) is 1. The molecular formula is C18H22N2O4S. The van der Waals surface area contributed by atoms with Crippen molar-refractivity contribution in [2.45, 2.75) is 43.0 Å². The Morgan fingerprint density at radius 3 is 2.88 bits per heavy atom. The Balaban J connectivity index is 1.66. The molecule has 1 aliphatic heterocycles. The third-order valence-corrected chi connectivity index (χ3v) is 5.28. The Kier molecular flexibility index (Phi) is 6.12. The van der Waals surface area contributed by atoms with Crippen molar-refractivity contribution in [2.24, 2.45) is 0 Å². The minimum Gasteiger partial charge on any atom is -0.465 e. The van der Waals surface area contributed by atoms with Gasteiger partial charge in [0.05, 0.1) is 43.8 Å². The molecule has 134 valence electrons. The maximum absolute atomic E-state index is 11.5. The summed E-state index contributed by atoms with van der Waals surface area (Å²) in [5.41, 5.74) is 2.44. The van der Waals surface area contributed by atoms with Gasteiger partial charge in [-0.25, -0.2) is 9.78 Å². The number of aromatic nitrogens is 2. The zero-order chi connectivity index (χ0) is 17.6. The fourth-order valence-electron chi connectivity index (χ4n) is 2.82. The summed E-state index contributed by atoms with van der Waals surface area (Å²) in [4.78, 5) is 15.9. The standard InChI is InChI=1S/C18H22N2O4S/c1-23-17(22)14-6-4-13(5-7-14)12-25-18-19-9-15(11-21)20(18)10-16-3-2-8-24-16/h4-7,9,16,21H,2-3,8,10-12H2,1H3/t16-/m1/s1. The molecule has 0 aliphatic carbocycles. The molecule has 2 heterocycles. The molecule has 25 heavy (non-hydrogen) atoms. The normalized spacial score (nSPS) is 17.0. The lowest BCUT2D eigenvalue weighted by Gasteiger charge is -2.15. The lowest BCUT2D eigenvalue weighted by Crippen LogP contribution is -2.17. The highest BCUT2D eigenvalue weighted by Gasteiger charge is 2.19. The number of esters is 1. The highest BCUT2D eigenvalue weighted by Crippen LogP contribution is 2.25. The van der Waals surface area contributed by atoms with Crippen LogP contribution >= 0.6 is 11.8 Å². The maximum Gasteiger partial charge on any atom is 0.337 e. The van der Waals surface area contributed by atoms with E-state index in [2.05, 4.69) is 4.98 Å². The van der Waals surface area contributed by atoms with Crippen LogP contribution < -0.4 is 0 Å². The fourth-order valence-corrected chi connectivity index (χ4v) is 3.79. The van der Waals surface area contributed by atoms with E-state index >= 15 is 0 Å². The van der Waals surface area contributed by atoms with E-state index < -0.39 is 0 Å². The number of aliphatic hydroxyl groups excluding tert-OH is 1. The molecule has 1 aromatic heterocycles. The van der Waals surface area contributed by atoms with Crippen molar-refractivity contribution in [3.05, 3.63) is 47.3 Å². The third kappa shape index (κ3) is 4.42. The number of rotatable bonds is 7. The van der Waals surface area contributed by atoms with Gasteiger partial charge >= 0.3 is 5.97 Å². The number of aliphatic hydroxyl groups is 1. The van der Waals surface area contributed by atoms with Crippen LogP contribution in [0.1, 0.15) is 34.5 Å². The lowest BCUT2D eigenvalue weighted by atomic mass is 10.1. The van der Waals surface area contributed by atoms with Gasteiger partial charge < -0.3 is 19.1 Å². The molecule has 1 aromatic carbocycles. The SMILES string of the molecule is COC(=O)c1ccc(CSc2ncc(CO)n2C[C@H]2CCCO2)cc1. The van der Waals surface area contributed by atoms with Crippen LogP contribution in [0.25, 0.3) is 0 Å². The van der Waals surface area contributed by atoms with Crippen LogP contribution in [-0.2, 0) is 28.4 Å². The van der Waals surface area contributed by atoms with Gasteiger partial charge in [0.15, 0.2) is 5.16 Å². The molecular weight excluding hydrogens is 340 g/mol. The van der Waals surface area contributed by atoms with Crippen molar-refractivity contribution < 1.29 is 19.4 Å². The van der Waals surface area contributed by atoms with E-state index in [0.29, 0.717) is 5.56 Å². The number of imidazole rings is 1. The van der Waals surface area contributed by atoms with Crippen molar-refractivity contribution in [3.63, 3.8) is 0 Å². The van der Waals surface area contributed by atoms with Crippen LogP contribution in [0.3, 0.4) is 0 Å². The number of benzene rings is 1. The predicted octanol–water partition coefficient (Wildman–Crippen LogP) is 2.63. The Hall–Kier alpha value is -1.83. The van der Waals surface area contributed by atoms with Gasteiger partial charge in [-0.05, 0) is 30.5 Å². The highest BCUT2D eigenvalue weighted by molar-refractivity contribution is 7.98. The number of hydrogen-bond acceptors (Lipinski definition) is 6. The average molecular weight is 362 g/mol. The summed E-state index contributed by atoms with van der Waals surface area (Å²) < 4.78 is 12.5. The van der Waals surface area contributed by atoms with Crippen LogP contribution in [-0.4, -0.2) is 40.4 Å². The van der Waals surface area contributed by atoms with E-state index in [9.17, 15) is 9.90 Å². The molecule has 0 bridgehead atoms. The number of methoxy groups -OCH3 is 1. The smallest absolute Gasteiger partial charge is 0.337 e. The summed E-state index contributed by atoms with van der Waals surface area (Å²) in [7, 11) is 1.37. The van der Waals surface area contributed by atoms with E-state index in [1.54, 1.807) is 30.1 Å². The maximum atomic E-state index is 11.5. The molecule has 1 aliphatic rings. The Labute approximate surface area is 151 Å². The summed E-state index contributed by atoms with van der Waals surface area (Å²) in [5, 5.41) is 10.4. The molecule has 1 N–H and O–H groups in total. The van der Waals surface area contributed by atoms with E-state index in [4.69, 9.17) is 9.47 Å². The van der Waals surface area contributed by atoms with Crippen LogP contribution in [0.15, 0.2) is 35.6 Å². The first-order valence-electron chi connectivity index (χ1n) is 8.28. The van der Waals surface area contributed by atoms with Crippen LogP contribution in [0.5, 0.6) is 0 Å². The van der Waals surface area contributed by atoms with Crippen molar-refractivity contribution >= 4 is 17.7 Å². The molecule has 0 saturated carbocycles. The topological polar surface area (TPSA) is 73.6 Å². The number of nitrogens with zero attached hydrogens (tertiary/aromatic N) is 2. The largest absolute Gasteiger partial charge is 0.465 e. The molecule has 1 saturated heterocycles. The van der Waals surface area contributed by atoms with E-state index in [1.165, 1.54) is 7.11 Å². The molecule has 0 spiro atoms. The van der Waals surface area contributed by atoms with Gasteiger partial charge in [-0.3, -0.25) is 0 Å². The zero-order valence-corrected chi connectivity index (χ0v) is 15.0. The minimum absolute atomic E-state index is 0.0336. The molecule has 6 nitrogen and oxygen atoms in total. The Bertz CT molecular complexity index is 708. The first-order valence-corrected chi connectivity index (χ1v) is 9.26. The summed E-state index contributed by atoms with van der Waals surface area (Å²) in [5.74, 6) is 0.397. The van der Waals surface area contributed by atoms with Gasteiger partial charge in [-0.2, -0.15) is 0 Å². The number of ether oxygens (including phenoxy) is 2. The number of carbonyl (C=O) groups is 1. The third-order valence-electron chi connectivity index (χ3n) is 4.22. The summed E-state index contributed by atoms with van der Waals surface area (Å²) >= 11 is 1.61. The highest BCUT2D eigenvalue weighted by atomic mass is 32.2. The van der Waals surface area contributed by atoms with Crippen LogP contribution in [0.4, 0.5) is 0 Å². The molecule has 0 unspecified atom stereocenters. The van der Waals surface area contributed by atoms with Crippen molar-refractivity contribution in [1.82, 2.24) is 9.55 Å². The quantitative estimate of drug-likeness (QED) is 0.603. The van der Waals surface area contributed by atoms with Crippen molar-refractivity contribution in [3.8, 4) is 0 Å². The predicted molar refractivity (Wildman–Crippen MR) is 94.5 cm³/mol. The van der Waals surface area contributed by atoms with E-state index in [-0.39, 0.29) is 18.7 Å². The van der Waals surface area contributed by atoms with Crippen molar-refractivity contribution in [2.75, 3.05) is 13.7 Å². The number of carbonyl (C=O) groups excluding carboxylic acids is 1. The molecule has 0 amide bonds. The molecule has 3 rings (SSSR count). The van der Waals surface area contributed by atoms with Gasteiger partial charge in [0.25, 0.3) is 0 Å². The molecule has 0 radical (unpaired) electrons.